The summed E-state index contributed by atoms with van der Waals surface area (Å²) in [5.41, 5.74) is -4.17. The van der Waals surface area contributed by atoms with Gasteiger partial charge in [-0.15, -0.1) is 26.3 Å². The van der Waals surface area contributed by atoms with Gasteiger partial charge in [0.05, 0.1) is 36.4 Å². The number of carbonyl (C=O) groups is 3. The van der Waals surface area contributed by atoms with E-state index < -0.39 is 96.0 Å². The maximum absolute atomic E-state index is 12.9. The van der Waals surface area contributed by atoms with Crippen LogP contribution in [0, 0.1) is 10.8 Å². The molecule has 2 aliphatic carbocycles. The van der Waals surface area contributed by atoms with Gasteiger partial charge >= 0.3 is 54.6 Å². The molecule has 9 nitrogen and oxygen atoms in total. The number of carbonyl (C=O) groups excluding carboxylic acids is 3. The average molecular weight is 835 g/mol. The van der Waals surface area contributed by atoms with Crippen LogP contribution in [0.1, 0.15) is 77.0 Å². The Hall–Kier alpha value is -3.21. The summed E-state index contributed by atoms with van der Waals surface area (Å²) in [4.78, 5) is 35.5. The average Bonchev–Trinajstić information content (AvgIpc) is 3.94. The van der Waals surface area contributed by atoms with E-state index in [4.69, 9.17) is 5.11 Å². The first kappa shape index (κ1) is 52.8. The first-order chi connectivity index (χ1) is 24.7. The summed E-state index contributed by atoms with van der Waals surface area (Å²) in [6, 6.07) is 8.04. The van der Waals surface area contributed by atoms with Crippen LogP contribution in [0.15, 0.2) is 48.5 Å². The summed E-state index contributed by atoms with van der Waals surface area (Å²) in [6.45, 7) is 2.87. The molecule has 3 radical (unpaired) electrons. The van der Waals surface area contributed by atoms with Gasteiger partial charge in [0.2, 0.25) is 11.8 Å². The third kappa shape index (κ3) is 15.3. The van der Waals surface area contributed by atoms with E-state index in [1.165, 1.54) is 38.1 Å². The Balaban J connectivity index is 0. The molecule has 4 N–H and O–H groups in total. The SMILES string of the molecule is CO.C[C@H](NC(=O)CC(=O)C1(C(F)(F)F)CC1)c1cccc(OC(F)(F)F)c1.C[C@H](NC(=O)CC(O)C1(C(F)(F)F)CC1)c1cccc(OC(F)(F)F)c1.[B].[H-].[Na+]. The summed E-state index contributed by atoms with van der Waals surface area (Å²) in [6.07, 6.45) is -23.8. The molecule has 1 unspecified atom stereocenters. The Morgan fingerprint density at radius 1 is 0.714 bits per heavy atom. The zero-order valence-corrected chi connectivity index (χ0v) is 32.1. The molecular weight excluding hydrogens is 798 g/mol. The summed E-state index contributed by atoms with van der Waals surface area (Å²) in [5, 5.41) is 21.4. The van der Waals surface area contributed by atoms with Crippen LogP contribution in [-0.4, -0.2) is 74.5 Å². The van der Waals surface area contributed by atoms with E-state index in [0.29, 0.717) is 0 Å². The van der Waals surface area contributed by atoms with Gasteiger partial charge < -0.3 is 31.7 Å². The van der Waals surface area contributed by atoms with Gasteiger partial charge in [0.25, 0.3) is 0 Å². The summed E-state index contributed by atoms with van der Waals surface area (Å²) >= 11 is 0. The van der Waals surface area contributed by atoms with E-state index >= 15 is 0 Å². The fraction of sp³-hybridized carbons (Fsp3) is 0.545. The van der Waals surface area contributed by atoms with Crippen LogP contribution in [0.25, 0.3) is 0 Å². The van der Waals surface area contributed by atoms with Crippen LogP contribution < -0.4 is 49.7 Å². The normalized spacial score (nSPS) is 16.9. The number of aliphatic hydroxyl groups excluding tert-OH is 2. The van der Waals surface area contributed by atoms with E-state index in [-0.39, 0.29) is 76.2 Å². The zero-order chi connectivity index (χ0) is 41.5. The summed E-state index contributed by atoms with van der Waals surface area (Å²) < 4.78 is 158. The fourth-order valence-electron chi connectivity index (χ4n) is 5.19. The molecule has 2 aromatic rings. The van der Waals surface area contributed by atoms with Crippen molar-refractivity contribution in [2.45, 2.75) is 95.6 Å². The molecular formula is C33H37BF12N2NaO7. The number of halogens is 12. The molecule has 2 aliphatic rings. The second-order valence-electron chi connectivity index (χ2n) is 12.4. The smallest absolute Gasteiger partial charge is 1.00 e. The van der Waals surface area contributed by atoms with Crippen molar-refractivity contribution in [2.24, 2.45) is 10.8 Å². The summed E-state index contributed by atoms with van der Waals surface area (Å²) in [5.74, 6) is -3.95. The van der Waals surface area contributed by atoms with E-state index in [0.717, 1.165) is 31.4 Å². The van der Waals surface area contributed by atoms with E-state index in [2.05, 4.69) is 20.1 Å². The number of ketones is 1. The van der Waals surface area contributed by atoms with Crippen LogP contribution >= 0.6 is 0 Å². The van der Waals surface area contributed by atoms with E-state index in [1.54, 1.807) is 0 Å². The Kier molecular flexibility index (Phi) is 19.3. The summed E-state index contributed by atoms with van der Waals surface area (Å²) in [7, 11) is 1.00. The van der Waals surface area contributed by atoms with Gasteiger partial charge in [-0.2, -0.15) is 26.3 Å². The van der Waals surface area contributed by atoms with Crippen molar-refractivity contribution in [3.05, 3.63) is 59.7 Å². The molecule has 4 rings (SSSR count). The molecule has 2 saturated carbocycles. The topological polar surface area (TPSA) is 134 Å². The zero-order valence-electron chi connectivity index (χ0n) is 31.1. The number of Topliss-reactive ketones (excluding diaryl/α,β-unsaturated/α-hetero) is 1. The molecule has 0 bridgehead atoms. The number of rotatable bonds is 12. The van der Waals surface area contributed by atoms with Crippen LogP contribution in [0.2, 0.25) is 0 Å². The molecule has 2 aromatic carbocycles. The van der Waals surface area contributed by atoms with Crippen molar-refractivity contribution in [1.29, 1.82) is 0 Å². The Morgan fingerprint density at radius 2 is 1.11 bits per heavy atom. The van der Waals surface area contributed by atoms with Crippen LogP contribution in [-0.2, 0) is 14.4 Å². The van der Waals surface area contributed by atoms with Gasteiger partial charge in [0.15, 0.2) is 5.78 Å². The second-order valence-corrected chi connectivity index (χ2v) is 12.4. The van der Waals surface area contributed by atoms with Crippen LogP contribution in [0.5, 0.6) is 11.5 Å². The number of nitrogens with one attached hydrogen (secondary N) is 2. The monoisotopic (exact) mass is 835 g/mol. The van der Waals surface area contributed by atoms with Gasteiger partial charge in [-0.3, -0.25) is 14.4 Å². The minimum atomic E-state index is -4.88. The van der Waals surface area contributed by atoms with Crippen molar-refractivity contribution in [2.75, 3.05) is 7.11 Å². The number of alkyl halides is 12. The van der Waals surface area contributed by atoms with Crippen LogP contribution in [0.4, 0.5) is 52.7 Å². The molecule has 0 aromatic heterocycles. The predicted octanol–water partition coefficient (Wildman–Crippen LogP) is 4.26. The van der Waals surface area contributed by atoms with Crippen molar-refractivity contribution in [3.63, 3.8) is 0 Å². The Morgan fingerprint density at radius 3 is 1.43 bits per heavy atom. The predicted molar refractivity (Wildman–Crippen MR) is 170 cm³/mol. The maximum atomic E-state index is 12.9. The van der Waals surface area contributed by atoms with Gasteiger partial charge in [-0.1, -0.05) is 24.3 Å². The fourth-order valence-corrected chi connectivity index (χ4v) is 5.19. The first-order valence-corrected chi connectivity index (χ1v) is 15.8. The first-order valence-electron chi connectivity index (χ1n) is 15.8. The molecule has 2 amide bonds. The van der Waals surface area contributed by atoms with Crippen molar-refractivity contribution < 1.29 is 118 Å². The molecule has 23 heteroatoms. The number of hydrogen-bond acceptors (Lipinski definition) is 7. The van der Waals surface area contributed by atoms with Gasteiger partial charge in [0, 0.05) is 15.5 Å². The number of benzene rings is 2. The van der Waals surface area contributed by atoms with E-state index in [9.17, 15) is 72.2 Å². The molecule has 3 atom stereocenters. The second kappa shape index (κ2) is 20.5. The Labute approximate surface area is 338 Å². The largest absolute Gasteiger partial charge is 1.00 e. The minimum absolute atomic E-state index is 0. The van der Waals surface area contributed by atoms with Gasteiger partial charge in [-0.25, -0.2) is 0 Å². The van der Waals surface area contributed by atoms with E-state index in [1.807, 2.05) is 0 Å². The number of ether oxygens (including phenoxy) is 2. The molecule has 56 heavy (non-hydrogen) atoms. The molecule has 0 saturated heterocycles. The van der Waals surface area contributed by atoms with Crippen molar-refractivity contribution in [3.8, 4) is 11.5 Å². The molecule has 2 fully saturated rings. The standard InChI is InChI=1S/C16H17F6NO3.C16H15F6NO3.CH4O.B.Na.H/c2*1-9(10-3-2-4-11(7-10)26-16(20,21)22)23-13(25)8-12(24)14(5-6-14)15(17,18)19;1-2;;;/h2-4,7,9,12,24H,5-6,8H2,1H3,(H,23,25);2-4,7,9H,5-6,8H2,1H3,(H,23,25);2H,1H3;;;/q;;;;+1;-1/t9-,12?;9-;;;;/m00..../s1. The van der Waals surface area contributed by atoms with Gasteiger partial charge in [0.1, 0.15) is 16.9 Å². The third-order valence-corrected chi connectivity index (χ3v) is 8.46. The molecule has 0 aliphatic heterocycles. The third-order valence-electron chi connectivity index (χ3n) is 8.46. The maximum Gasteiger partial charge on any atom is 1.00 e. The van der Waals surface area contributed by atoms with Crippen molar-refractivity contribution in [1.82, 2.24) is 10.6 Å². The van der Waals surface area contributed by atoms with Crippen molar-refractivity contribution >= 4 is 26.0 Å². The molecule has 309 valence electrons. The van der Waals surface area contributed by atoms with Crippen LogP contribution in [0.3, 0.4) is 0 Å². The minimum Gasteiger partial charge on any atom is -1.00 e. The number of aliphatic hydroxyl groups is 2. The molecule has 0 spiro atoms. The molecule has 0 heterocycles. The number of hydrogen-bond donors (Lipinski definition) is 4. The quantitative estimate of drug-likeness (QED) is 0.143. The van der Waals surface area contributed by atoms with Gasteiger partial charge in [-0.05, 0) is 74.9 Å². The number of amides is 2. The Bertz CT molecular complexity index is 1610.